The molecule has 124 valence electrons. The monoisotopic (exact) mass is 331 g/mol. The molecule has 3 fully saturated rings. The van der Waals surface area contributed by atoms with Crippen molar-refractivity contribution >= 4 is 28.7 Å². The molecule has 4 nitrogen and oxygen atoms in total. The summed E-state index contributed by atoms with van der Waals surface area (Å²) in [5.74, 6) is 1.77. The van der Waals surface area contributed by atoms with Gasteiger partial charge < -0.3 is 20.3 Å². The van der Waals surface area contributed by atoms with Crippen LogP contribution in [0.5, 0.6) is 0 Å². The van der Waals surface area contributed by atoms with Gasteiger partial charge in [0.15, 0.2) is 5.11 Å². The first-order chi connectivity index (χ1) is 11.3. The van der Waals surface area contributed by atoms with Crippen LogP contribution in [0.15, 0.2) is 24.3 Å². The minimum Gasteiger partial charge on any atom is -0.378 e. The van der Waals surface area contributed by atoms with Gasteiger partial charge in [0.25, 0.3) is 0 Å². The van der Waals surface area contributed by atoms with Crippen molar-refractivity contribution in [1.82, 2.24) is 5.32 Å². The van der Waals surface area contributed by atoms with Gasteiger partial charge in [-0.1, -0.05) is 6.42 Å². The van der Waals surface area contributed by atoms with E-state index in [9.17, 15) is 0 Å². The molecule has 2 bridgehead atoms. The third-order valence-corrected chi connectivity index (χ3v) is 5.78. The SMILES string of the molecule is S=C(Nc1ccc(N2CCOCC2)cc1)N[C@H]1C[C@@H]2CC[C@@H]1C2. The lowest BCUT2D eigenvalue weighted by atomic mass is 9.96. The third kappa shape index (κ3) is 3.45. The van der Waals surface area contributed by atoms with E-state index in [0.29, 0.717) is 6.04 Å². The predicted molar refractivity (Wildman–Crippen MR) is 98.1 cm³/mol. The Kier molecular flexibility index (Phi) is 4.40. The van der Waals surface area contributed by atoms with E-state index in [2.05, 4.69) is 39.8 Å². The first kappa shape index (κ1) is 15.2. The van der Waals surface area contributed by atoms with Crippen molar-refractivity contribution in [2.75, 3.05) is 36.5 Å². The van der Waals surface area contributed by atoms with Gasteiger partial charge in [-0.15, -0.1) is 0 Å². The lowest BCUT2D eigenvalue weighted by Crippen LogP contribution is -2.40. The molecular formula is C18H25N3OS. The molecule has 1 aromatic carbocycles. The largest absolute Gasteiger partial charge is 0.378 e. The van der Waals surface area contributed by atoms with E-state index in [0.717, 1.165) is 48.9 Å². The summed E-state index contributed by atoms with van der Waals surface area (Å²) in [5, 5.41) is 7.63. The maximum atomic E-state index is 5.50. The van der Waals surface area contributed by atoms with Crippen LogP contribution in [0.1, 0.15) is 25.7 Å². The van der Waals surface area contributed by atoms with E-state index in [-0.39, 0.29) is 0 Å². The normalized spacial score (nSPS) is 29.6. The van der Waals surface area contributed by atoms with Crippen LogP contribution in [0.2, 0.25) is 0 Å². The van der Waals surface area contributed by atoms with Crippen molar-refractivity contribution in [3.63, 3.8) is 0 Å². The molecule has 23 heavy (non-hydrogen) atoms. The Morgan fingerprint density at radius 3 is 2.52 bits per heavy atom. The van der Waals surface area contributed by atoms with Crippen LogP contribution in [0.25, 0.3) is 0 Å². The Morgan fingerprint density at radius 1 is 1.09 bits per heavy atom. The number of nitrogens with zero attached hydrogens (tertiary/aromatic N) is 1. The Balaban J connectivity index is 1.30. The Hall–Kier alpha value is -1.33. The molecule has 2 aliphatic carbocycles. The van der Waals surface area contributed by atoms with E-state index in [1.54, 1.807) is 0 Å². The topological polar surface area (TPSA) is 36.5 Å². The van der Waals surface area contributed by atoms with Crippen LogP contribution in [0.3, 0.4) is 0 Å². The molecule has 0 unspecified atom stereocenters. The van der Waals surface area contributed by atoms with Crippen LogP contribution in [-0.2, 0) is 4.74 Å². The highest BCUT2D eigenvalue weighted by Gasteiger charge is 2.39. The smallest absolute Gasteiger partial charge is 0.171 e. The molecule has 2 N–H and O–H groups in total. The van der Waals surface area contributed by atoms with Gasteiger partial charge in [0.2, 0.25) is 0 Å². The van der Waals surface area contributed by atoms with Gasteiger partial charge in [0.1, 0.15) is 0 Å². The third-order valence-electron chi connectivity index (χ3n) is 5.56. The zero-order chi connectivity index (χ0) is 15.6. The maximum Gasteiger partial charge on any atom is 0.171 e. The van der Waals surface area contributed by atoms with Crippen molar-refractivity contribution in [1.29, 1.82) is 0 Å². The molecule has 3 atom stereocenters. The number of fused-ring (bicyclic) bond motifs is 2. The molecule has 1 saturated heterocycles. The second-order valence-corrected chi connectivity index (χ2v) is 7.43. The van der Waals surface area contributed by atoms with Gasteiger partial charge >= 0.3 is 0 Å². The molecule has 5 heteroatoms. The van der Waals surface area contributed by atoms with Crippen molar-refractivity contribution in [3.05, 3.63) is 24.3 Å². The predicted octanol–water partition coefficient (Wildman–Crippen LogP) is 3.00. The number of nitrogens with one attached hydrogen (secondary N) is 2. The quantitative estimate of drug-likeness (QED) is 0.833. The Bertz CT molecular complexity index is 556. The van der Waals surface area contributed by atoms with Gasteiger partial charge in [-0.25, -0.2) is 0 Å². The van der Waals surface area contributed by atoms with E-state index < -0.39 is 0 Å². The molecule has 1 heterocycles. The van der Waals surface area contributed by atoms with Gasteiger partial charge in [0.05, 0.1) is 13.2 Å². The average molecular weight is 331 g/mol. The highest BCUT2D eigenvalue weighted by molar-refractivity contribution is 7.80. The summed E-state index contributed by atoms with van der Waals surface area (Å²) in [6.07, 6.45) is 5.49. The molecule has 4 rings (SSSR count). The van der Waals surface area contributed by atoms with E-state index in [1.165, 1.54) is 31.4 Å². The summed E-state index contributed by atoms with van der Waals surface area (Å²) in [7, 11) is 0. The van der Waals surface area contributed by atoms with Crippen LogP contribution in [0.4, 0.5) is 11.4 Å². The summed E-state index contributed by atoms with van der Waals surface area (Å²) in [4.78, 5) is 2.36. The summed E-state index contributed by atoms with van der Waals surface area (Å²) in [6, 6.07) is 9.13. The number of anilines is 2. The second kappa shape index (κ2) is 6.65. The fourth-order valence-electron chi connectivity index (χ4n) is 4.33. The maximum absolute atomic E-state index is 5.50. The Labute approximate surface area is 143 Å². The number of thiocarbonyl (C=S) groups is 1. The molecule has 0 amide bonds. The van der Waals surface area contributed by atoms with Crippen LogP contribution < -0.4 is 15.5 Å². The van der Waals surface area contributed by atoms with Crippen LogP contribution in [-0.4, -0.2) is 37.5 Å². The average Bonchev–Trinajstić information content (AvgIpc) is 3.19. The molecule has 3 aliphatic rings. The van der Waals surface area contributed by atoms with E-state index in [4.69, 9.17) is 17.0 Å². The van der Waals surface area contributed by atoms with Crippen LogP contribution in [0, 0.1) is 11.8 Å². The van der Waals surface area contributed by atoms with Crippen molar-refractivity contribution < 1.29 is 4.74 Å². The van der Waals surface area contributed by atoms with Gasteiger partial charge in [-0.3, -0.25) is 0 Å². The molecule has 2 saturated carbocycles. The standard InChI is InChI=1S/C18H25N3OS/c23-18(20-17-12-13-1-2-14(17)11-13)19-15-3-5-16(6-4-15)21-7-9-22-10-8-21/h3-6,13-14,17H,1-2,7-12H2,(H2,19,20,23)/t13-,14-,17+/m1/s1. The van der Waals surface area contributed by atoms with E-state index in [1.807, 2.05) is 0 Å². The number of benzene rings is 1. The first-order valence-corrected chi connectivity index (χ1v) is 9.19. The highest BCUT2D eigenvalue weighted by Crippen LogP contribution is 2.44. The lowest BCUT2D eigenvalue weighted by Gasteiger charge is -2.29. The summed E-state index contributed by atoms with van der Waals surface area (Å²) in [6.45, 7) is 3.57. The lowest BCUT2D eigenvalue weighted by molar-refractivity contribution is 0.122. The minimum atomic E-state index is 0.585. The Morgan fingerprint density at radius 2 is 1.87 bits per heavy atom. The summed E-state index contributed by atoms with van der Waals surface area (Å²) in [5.41, 5.74) is 2.31. The zero-order valence-corrected chi connectivity index (χ0v) is 14.3. The van der Waals surface area contributed by atoms with Gasteiger partial charge in [-0.05, 0) is 67.6 Å². The van der Waals surface area contributed by atoms with Crippen molar-refractivity contribution in [2.24, 2.45) is 11.8 Å². The number of ether oxygens (including phenoxy) is 1. The second-order valence-electron chi connectivity index (χ2n) is 7.03. The fraction of sp³-hybridized carbons (Fsp3) is 0.611. The fourth-order valence-corrected chi connectivity index (χ4v) is 4.60. The van der Waals surface area contributed by atoms with E-state index >= 15 is 0 Å². The van der Waals surface area contributed by atoms with Crippen LogP contribution >= 0.6 is 12.2 Å². The zero-order valence-electron chi connectivity index (χ0n) is 13.5. The van der Waals surface area contributed by atoms with Crippen molar-refractivity contribution in [3.8, 4) is 0 Å². The highest BCUT2D eigenvalue weighted by atomic mass is 32.1. The number of hydrogen-bond acceptors (Lipinski definition) is 3. The van der Waals surface area contributed by atoms with Gasteiger partial charge in [0, 0.05) is 30.5 Å². The first-order valence-electron chi connectivity index (χ1n) is 8.78. The molecule has 0 spiro atoms. The minimum absolute atomic E-state index is 0.585. The summed E-state index contributed by atoms with van der Waals surface area (Å²) >= 11 is 5.50. The molecule has 1 aliphatic heterocycles. The number of rotatable bonds is 3. The summed E-state index contributed by atoms with van der Waals surface area (Å²) < 4.78 is 5.40. The van der Waals surface area contributed by atoms with Gasteiger partial charge in [-0.2, -0.15) is 0 Å². The molecular weight excluding hydrogens is 306 g/mol. The molecule has 0 aromatic heterocycles. The number of hydrogen-bond donors (Lipinski definition) is 2. The van der Waals surface area contributed by atoms with Crippen molar-refractivity contribution in [2.45, 2.75) is 31.7 Å². The molecule has 1 aromatic rings. The number of morpholine rings is 1. The molecule has 0 radical (unpaired) electrons.